The van der Waals surface area contributed by atoms with E-state index in [0.29, 0.717) is 17.1 Å². The van der Waals surface area contributed by atoms with Crippen molar-refractivity contribution in [3.05, 3.63) is 144 Å². The number of carbonyl (C=O) groups excluding carboxylic acids is 1. The number of aromatic nitrogens is 4. The molecule has 0 aliphatic carbocycles. The lowest BCUT2D eigenvalue weighted by molar-refractivity contribution is -0.175. The van der Waals surface area contributed by atoms with Gasteiger partial charge in [-0.25, -0.2) is 15.0 Å². The molecule has 0 unspecified atom stereocenters. The SMILES string of the molecule is COc1ccc(C(OC[C@@]2(CO[Si](C(C)C)(C(C)C)C(C)C)O[C@@H](n3cnc4c(NC(=O)c5ccccc5)ncnc43)[C@H](O)[C@@H]2O)(c2ccccc2)c2ccc(OC)cc2)cc1. The molecule has 7 rings (SSSR count). The van der Waals surface area contributed by atoms with Crippen molar-refractivity contribution < 1.29 is 38.4 Å². The third kappa shape index (κ3) is 8.14. The van der Waals surface area contributed by atoms with Gasteiger partial charge in [0.05, 0.1) is 33.8 Å². The highest BCUT2D eigenvalue weighted by molar-refractivity contribution is 6.77. The topological polar surface area (TPSA) is 159 Å². The summed E-state index contributed by atoms with van der Waals surface area (Å²) in [7, 11) is 0.641. The molecule has 62 heavy (non-hydrogen) atoms. The number of methoxy groups -OCH3 is 2. The molecule has 6 aromatic rings. The van der Waals surface area contributed by atoms with Crippen LogP contribution < -0.4 is 14.8 Å². The Morgan fingerprint density at radius 3 is 1.82 bits per heavy atom. The quantitative estimate of drug-likeness (QED) is 0.0599. The first kappa shape index (κ1) is 44.6. The maximum Gasteiger partial charge on any atom is 0.256 e. The van der Waals surface area contributed by atoms with E-state index in [0.717, 1.165) is 16.7 Å². The fourth-order valence-electron chi connectivity index (χ4n) is 9.30. The van der Waals surface area contributed by atoms with Crippen LogP contribution in [-0.2, 0) is 19.5 Å². The largest absolute Gasteiger partial charge is 0.497 e. The predicted octanol–water partition coefficient (Wildman–Crippen LogP) is 8.29. The van der Waals surface area contributed by atoms with Gasteiger partial charge in [0.15, 0.2) is 31.5 Å². The van der Waals surface area contributed by atoms with Crippen molar-refractivity contribution in [3.8, 4) is 11.5 Å². The average Bonchev–Trinajstić information content (AvgIpc) is 3.83. The molecule has 1 saturated heterocycles. The van der Waals surface area contributed by atoms with Crippen LogP contribution in [0.4, 0.5) is 5.82 Å². The number of benzene rings is 4. The maximum absolute atomic E-state index is 13.2. The van der Waals surface area contributed by atoms with Gasteiger partial charge in [0.1, 0.15) is 41.2 Å². The van der Waals surface area contributed by atoms with E-state index in [2.05, 4.69) is 61.8 Å². The van der Waals surface area contributed by atoms with Gasteiger partial charge < -0.3 is 38.9 Å². The Morgan fingerprint density at radius 1 is 0.758 bits per heavy atom. The minimum atomic E-state index is -2.60. The van der Waals surface area contributed by atoms with Gasteiger partial charge in [-0.2, -0.15) is 0 Å². The number of anilines is 1. The Balaban J connectivity index is 1.35. The molecule has 1 fully saturated rings. The summed E-state index contributed by atoms with van der Waals surface area (Å²) in [5, 5.41) is 27.5. The van der Waals surface area contributed by atoms with Gasteiger partial charge in [0.25, 0.3) is 5.91 Å². The standard InChI is InChI=1S/C48H57N5O8Si/c1-31(2)62(32(3)4,33(5)6)60-28-47(27-59-48(35-17-13-10-14-18-35,36-19-23-38(57-7)24-20-36)37-21-25-39(58-8)26-22-37)42(55)41(54)46(61-47)53-30-51-40-43(49-29-50-44(40)53)52-45(56)34-15-11-9-12-16-34/h9-26,29-33,41-42,46,54-55H,27-28H2,1-8H3,(H,49,50,52,56)/t41-,42+,46-,47+/m1/s1. The summed E-state index contributed by atoms with van der Waals surface area (Å²) in [5.41, 5.74) is 1.11. The van der Waals surface area contributed by atoms with Crippen LogP contribution in [0.2, 0.25) is 16.6 Å². The average molecular weight is 860 g/mol. The minimum Gasteiger partial charge on any atom is -0.497 e. The molecule has 4 atom stereocenters. The normalized spacial score (nSPS) is 19.4. The van der Waals surface area contributed by atoms with Gasteiger partial charge in [-0.3, -0.25) is 9.36 Å². The number of carbonyl (C=O) groups is 1. The summed E-state index contributed by atoms with van der Waals surface area (Å²) in [5.74, 6) is 1.16. The van der Waals surface area contributed by atoms with E-state index in [1.54, 1.807) is 43.1 Å². The number of nitrogens with zero attached hydrogens (tertiary/aromatic N) is 4. The van der Waals surface area contributed by atoms with Gasteiger partial charge in [-0.15, -0.1) is 0 Å². The Kier molecular flexibility index (Phi) is 13.3. The first-order valence-corrected chi connectivity index (χ1v) is 23.2. The highest BCUT2D eigenvalue weighted by atomic mass is 28.4. The summed E-state index contributed by atoms with van der Waals surface area (Å²) in [6.45, 7) is 12.8. The fourth-order valence-corrected chi connectivity index (χ4v) is 14.8. The molecule has 0 saturated carbocycles. The summed E-state index contributed by atoms with van der Waals surface area (Å²) >= 11 is 0. The summed E-state index contributed by atoms with van der Waals surface area (Å²) in [4.78, 5) is 26.6. The predicted molar refractivity (Wildman–Crippen MR) is 240 cm³/mol. The molecule has 326 valence electrons. The highest BCUT2D eigenvalue weighted by Gasteiger charge is 2.59. The molecular formula is C48H57N5O8Si. The number of aliphatic hydroxyl groups is 2. The number of nitrogens with one attached hydrogen (secondary N) is 1. The molecule has 13 nitrogen and oxygen atoms in total. The second-order valence-electron chi connectivity index (χ2n) is 16.8. The number of ether oxygens (including phenoxy) is 4. The van der Waals surface area contributed by atoms with Crippen LogP contribution in [0.1, 0.15) is 74.8 Å². The smallest absolute Gasteiger partial charge is 0.256 e. The Hall–Kier alpha value is -5.48. The molecule has 1 amide bonds. The van der Waals surface area contributed by atoms with Crippen molar-refractivity contribution in [2.45, 2.75) is 87.8 Å². The highest BCUT2D eigenvalue weighted by Crippen LogP contribution is 2.48. The zero-order chi connectivity index (χ0) is 44.2. The van der Waals surface area contributed by atoms with Crippen molar-refractivity contribution in [3.63, 3.8) is 0 Å². The minimum absolute atomic E-state index is 0.0847. The van der Waals surface area contributed by atoms with E-state index in [1.165, 1.54) is 12.7 Å². The van der Waals surface area contributed by atoms with E-state index >= 15 is 0 Å². The first-order valence-electron chi connectivity index (χ1n) is 21.0. The maximum atomic E-state index is 13.2. The molecule has 4 aromatic carbocycles. The van der Waals surface area contributed by atoms with Gasteiger partial charge in [0, 0.05) is 5.56 Å². The monoisotopic (exact) mass is 859 g/mol. The summed E-state index contributed by atoms with van der Waals surface area (Å²) in [6.07, 6.45) is -1.42. The van der Waals surface area contributed by atoms with E-state index < -0.39 is 38.0 Å². The first-order chi connectivity index (χ1) is 29.8. The number of rotatable bonds is 17. The van der Waals surface area contributed by atoms with Gasteiger partial charge in [-0.1, -0.05) is 114 Å². The molecule has 0 spiro atoms. The molecule has 3 heterocycles. The molecule has 3 N–H and O–H groups in total. The number of fused-ring (bicyclic) bond motifs is 1. The Labute approximate surface area is 364 Å². The van der Waals surface area contributed by atoms with E-state index in [9.17, 15) is 15.0 Å². The van der Waals surface area contributed by atoms with Crippen molar-refractivity contribution in [1.82, 2.24) is 19.5 Å². The molecular weight excluding hydrogens is 803 g/mol. The van der Waals surface area contributed by atoms with Crippen LogP contribution >= 0.6 is 0 Å². The summed E-state index contributed by atoms with van der Waals surface area (Å²) in [6, 6.07) is 34.0. The van der Waals surface area contributed by atoms with Crippen LogP contribution in [0.3, 0.4) is 0 Å². The number of imidazole rings is 1. The Bertz CT molecular complexity index is 2340. The van der Waals surface area contributed by atoms with Crippen LogP contribution in [0, 0.1) is 0 Å². The lowest BCUT2D eigenvalue weighted by Crippen LogP contribution is -2.57. The van der Waals surface area contributed by atoms with Gasteiger partial charge in [-0.05, 0) is 69.7 Å². The molecule has 0 bridgehead atoms. The second kappa shape index (κ2) is 18.5. The molecule has 2 aromatic heterocycles. The Morgan fingerprint density at radius 2 is 1.29 bits per heavy atom. The summed E-state index contributed by atoms with van der Waals surface area (Å²) < 4.78 is 34.4. The van der Waals surface area contributed by atoms with Crippen LogP contribution in [0.15, 0.2) is 122 Å². The van der Waals surface area contributed by atoms with Crippen molar-refractivity contribution >= 4 is 31.2 Å². The zero-order valence-corrected chi connectivity index (χ0v) is 37.6. The van der Waals surface area contributed by atoms with Gasteiger partial charge >= 0.3 is 0 Å². The van der Waals surface area contributed by atoms with Crippen molar-refractivity contribution in [2.75, 3.05) is 32.8 Å². The molecule has 1 aliphatic heterocycles. The third-order valence-electron chi connectivity index (χ3n) is 12.4. The van der Waals surface area contributed by atoms with E-state index in [-0.39, 0.29) is 52.7 Å². The lowest BCUT2D eigenvalue weighted by Gasteiger charge is -2.46. The van der Waals surface area contributed by atoms with E-state index in [1.807, 2.05) is 84.9 Å². The fraction of sp³-hybridized carbons (Fsp3) is 0.375. The third-order valence-corrected chi connectivity index (χ3v) is 18.4. The van der Waals surface area contributed by atoms with Crippen molar-refractivity contribution in [2.24, 2.45) is 0 Å². The van der Waals surface area contributed by atoms with E-state index in [4.69, 9.17) is 23.4 Å². The van der Waals surface area contributed by atoms with Crippen LogP contribution in [0.5, 0.6) is 11.5 Å². The lowest BCUT2D eigenvalue weighted by atomic mass is 9.79. The molecule has 1 aliphatic rings. The zero-order valence-electron chi connectivity index (χ0n) is 36.6. The molecule has 14 heteroatoms. The number of hydrogen-bond acceptors (Lipinski definition) is 11. The number of amides is 1. The molecule has 0 radical (unpaired) electrons. The number of aliphatic hydroxyl groups excluding tert-OH is 2. The van der Waals surface area contributed by atoms with Crippen molar-refractivity contribution in [1.29, 1.82) is 0 Å². The van der Waals surface area contributed by atoms with Gasteiger partial charge in [0.2, 0.25) is 0 Å². The van der Waals surface area contributed by atoms with Crippen LogP contribution in [-0.4, -0.2) is 89.2 Å². The second-order valence-corrected chi connectivity index (χ2v) is 22.2. The number of hydrogen-bond donors (Lipinski definition) is 3. The van der Waals surface area contributed by atoms with Crippen LogP contribution in [0.25, 0.3) is 11.2 Å².